The summed E-state index contributed by atoms with van der Waals surface area (Å²) in [6.45, 7) is 1.79. The molecular weight excluding hydrogens is 316 g/mol. The number of methoxy groups -OCH3 is 1. The number of benzene rings is 2. The predicted molar refractivity (Wildman–Crippen MR) is 87.0 cm³/mol. The maximum atomic E-state index is 5.66. The van der Waals surface area contributed by atoms with Gasteiger partial charge in [-0.3, -0.25) is 0 Å². The van der Waals surface area contributed by atoms with Crippen LogP contribution in [0.5, 0.6) is 5.75 Å². The van der Waals surface area contributed by atoms with Crippen molar-refractivity contribution in [1.29, 1.82) is 0 Å². The van der Waals surface area contributed by atoms with E-state index in [1.807, 2.05) is 30.3 Å². The van der Waals surface area contributed by atoms with E-state index in [2.05, 4.69) is 33.4 Å². The first-order chi connectivity index (χ1) is 9.69. The Bertz CT molecular complexity index is 555. The second kappa shape index (κ2) is 7.31. The molecule has 0 aromatic heterocycles. The van der Waals surface area contributed by atoms with E-state index < -0.39 is 0 Å². The molecule has 0 heterocycles. The number of hydrogen-bond acceptors (Lipinski definition) is 3. The molecule has 0 unspecified atom stereocenters. The van der Waals surface area contributed by atoms with E-state index >= 15 is 0 Å². The van der Waals surface area contributed by atoms with Gasteiger partial charge in [0, 0.05) is 12.2 Å². The molecule has 0 fully saturated rings. The first-order valence-corrected chi connectivity index (χ1v) is 7.36. The van der Waals surface area contributed by atoms with Gasteiger partial charge >= 0.3 is 0 Å². The summed E-state index contributed by atoms with van der Waals surface area (Å²) >= 11 is 3.50. The zero-order valence-corrected chi connectivity index (χ0v) is 13.1. The Morgan fingerprint density at radius 2 is 1.80 bits per heavy atom. The van der Waals surface area contributed by atoms with Crippen molar-refractivity contribution in [2.45, 2.75) is 13.0 Å². The second-order valence-corrected chi connectivity index (χ2v) is 5.49. The van der Waals surface area contributed by atoms with Crippen molar-refractivity contribution in [1.82, 2.24) is 5.32 Å². The van der Waals surface area contributed by atoms with Crippen molar-refractivity contribution in [2.24, 2.45) is 0 Å². The van der Waals surface area contributed by atoms with Crippen molar-refractivity contribution >= 4 is 21.6 Å². The van der Waals surface area contributed by atoms with E-state index in [1.165, 1.54) is 11.1 Å². The summed E-state index contributed by atoms with van der Waals surface area (Å²) in [6.07, 6.45) is 0.984. The highest BCUT2D eigenvalue weighted by molar-refractivity contribution is 9.10. The molecular formula is C16H19BrN2O. The van der Waals surface area contributed by atoms with E-state index in [0.717, 1.165) is 35.4 Å². The van der Waals surface area contributed by atoms with Gasteiger partial charge in [-0.2, -0.15) is 0 Å². The minimum Gasteiger partial charge on any atom is -0.496 e. The lowest BCUT2D eigenvalue weighted by Gasteiger charge is -2.08. The molecule has 20 heavy (non-hydrogen) atoms. The maximum absolute atomic E-state index is 5.66. The second-order valence-electron chi connectivity index (χ2n) is 4.64. The summed E-state index contributed by atoms with van der Waals surface area (Å²) in [5, 5.41) is 3.43. The monoisotopic (exact) mass is 334 g/mol. The zero-order valence-electron chi connectivity index (χ0n) is 11.5. The summed E-state index contributed by atoms with van der Waals surface area (Å²) in [5.74, 6) is 0.864. The van der Waals surface area contributed by atoms with Crippen LogP contribution in [0.3, 0.4) is 0 Å². The van der Waals surface area contributed by atoms with Gasteiger partial charge < -0.3 is 15.8 Å². The topological polar surface area (TPSA) is 47.3 Å². The van der Waals surface area contributed by atoms with Gasteiger partial charge in [0.25, 0.3) is 0 Å². The molecule has 0 bridgehead atoms. The quantitative estimate of drug-likeness (QED) is 0.629. The number of nitrogens with one attached hydrogen (secondary N) is 1. The van der Waals surface area contributed by atoms with E-state index in [1.54, 1.807) is 7.11 Å². The smallest absolute Gasteiger partial charge is 0.133 e. The third-order valence-corrected chi connectivity index (χ3v) is 3.74. The summed E-state index contributed by atoms with van der Waals surface area (Å²) < 4.78 is 6.22. The number of ether oxygens (including phenoxy) is 1. The Kier molecular flexibility index (Phi) is 5.44. The van der Waals surface area contributed by atoms with Crippen LogP contribution in [-0.2, 0) is 13.0 Å². The van der Waals surface area contributed by atoms with Gasteiger partial charge in [0.2, 0.25) is 0 Å². The molecule has 3 nitrogen and oxygen atoms in total. The Morgan fingerprint density at radius 1 is 1.10 bits per heavy atom. The minimum absolute atomic E-state index is 0.803. The maximum Gasteiger partial charge on any atom is 0.133 e. The van der Waals surface area contributed by atoms with Crippen LogP contribution in [0.25, 0.3) is 0 Å². The molecule has 0 atom stereocenters. The van der Waals surface area contributed by atoms with Crippen LogP contribution in [0.1, 0.15) is 11.1 Å². The van der Waals surface area contributed by atoms with Crippen LogP contribution in [0, 0.1) is 0 Å². The first kappa shape index (κ1) is 14.9. The number of nitrogen functional groups attached to an aromatic ring is 1. The van der Waals surface area contributed by atoms with Crippen molar-refractivity contribution in [3.8, 4) is 5.75 Å². The largest absolute Gasteiger partial charge is 0.496 e. The number of nitrogens with two attached hydrogens (primary N) is 1. The molecule has 106 valence electrons. The molecule has 0 saturated carbocycles. The number of halogens is 1. The van der Waals surface area contributed by atoms with Crippen LogP contribution in [0.2, 0.25) is 0 Å². The molecule has 0 saturated heterocycles. The van der Waals surface area contributed by atoms with Gasteiger partial charge in [-0.05, 0) is 64.3 Å². The average Bonchev–Trinajstić information content (AvgIpc) is 2.46. The number of rotatable bonds is 6. The molecule has 0 aliphatic rings. The molecule has 0 amide bonds. The Labute approximate surface area is 128 Å². The average molecular weight is 335 g/mol. The third-order valence-electron chi connectivity index (χ3n) is 3.12. The molecule has 2 aromatic rings. The predicted octanol–water partition coefficient (Wildman–Crippen LogP) is 3.37. The van der Waals surface area contributed by atoms with Crippen LogP contribution >= 0.6 is 15.9 Å². The van der Waals surface area contributed by atoms with E-state index in [-0.39, 0.29) is 0 Å². The number of hydrogen-bond donors (Lipinski definition) is 2. The summed E-state index contributed by atoms with van der Waals surface area (Å²) in [7, 11) is 1.67. The highest BCUT2D eigenvalue weighted by Gasteiger charge is 2.01. The number of anilines is 1. The van der Waals surface area contributed by atoms with E-state index in [9.17, 15) is 0 Å². The lowest BCUT2D eigenvalue weighted by atomic mass is 10.1. The Morgan fingerprint density at radius 3 is 2.45 bits per heavy atom. The zero-order chi connectivity index (χ0) is 14.4. The van der Waals surface area contributed by atoms with Crippen LogP contribution < -0.4 is 15.8 Å². The fourth-order valence-corrected chi connectivity index (χ4v) is 2.55. The molecule has 0 radical (unpaired) electrons. The molecule has 3 N–H and O–H groups in total. The Hall–Kier alpha value is -1.52. The van der Waals surface area contributed by atoms with Crippen molar-refractivity contribution < 1.29 is 4.74 Å². The summed E-state index contributed by atoms with van der Waals surface area (Å²) in [4.78, 5) is 0. The Balaban J connectivity index is 1.78. The summed E-state index contributed by atoms with van der Waals surface area (Å²) in [5.41, 5.74) is 8.99. The standard InChI is InChI=1S/C16H19BrN2O/c1-20-16-7-4-12(10-15(16)17)8-9-19-11-13-2-5-14(18)6-3-13/h2-7,10,19H,8-9,11,18H2,1H3. The highest BCUT2D eigenvalue weighted by Crippen LogP contribution is 2.25. The van der Waals surface area contributed by atoms with Gasteiger partial charge in [-0.1, -0.05) is 18.2 Å². The van der Waals surface area contributed by atoms with Crippen LogP contribution in [0.15, 0.2) is 46.9 Å². The lowest BCUT2D eigenvalue weighted by molar-refractivity contribution is 0.412. The minimum atomic E-state index is 0.803. The first-order valence-electron chi connectivity index (χ1n) is 6.56. The molecule has 0 aliphatic heterocycles. The normalized spacial score (nSPS) is 10.5. The fourth-order valence-electron chi connectivity index (χ4n) is 1.97. The molecule has 2 aromatic carbocycles. The van der Waals surface area contributed by atoms with Gasteiger partial charge in [0.1, 0.15) is 5.75 Å². The molecule has 0 aliphatic carbocycles. The fraction of sp³-hybridized carbons (Fsp3) is 0.250. The van der Waals surface area contributed by atoms with Gasteiger partial charge in [-0.25, -0.2) is 0 Å². The molecule has 0 spiro atoms. The van der Waals surface area contributed by atoms with Crippen LogP contribution in [-0.4, -0.2) is 13.7 Å². The van der Waals surface area contributed by atoms with Crippen molar-refractivity contribution in [3.05, 3.63) is 58.1 Å². The van der Waals surface area contributed by atoms with Gasteiger partial charge in [0.05, 0.1) is 11.6 Å². The van der Waals surface area contributed by atoms with Crippen molar-refractivity contribution in [3.63, 3.8) is 0 Å². The molecule has 4 heteroatoms. The van der Waals surface area contributed by atoms with E-state index in [4.69, 9.17) is 10.5 Å². The van der Waals surface area contributed by atoms with Crippen molar-refractivity contribution in [2.75, 3.05) is 19.4 Å². The highest BCUT2D eigenvalue weighted by atomic mass is 79.9. The molecule has 2 rings (SSSR count). The van der Waals surface area contributed by atoms with Crippen LogP contribution in [0.4, 0.5) is 5.69 Å². The van der Waals surface area contributed by atoms with Gasteiger partial charge in [0.15, 0.2) is 0 Å². The lowest BCUT2D eigenvalue weighted by Crippen LogP contribution is -2.16. The van der Waals surface area contributed by atoms with Gasteiger partial charge in [-0.15, -0.1) is 0 Å². The third kappa shape index (κ3) is 4.25. The summed E-state index contributed by atoms with van der Waals surface area (Å²) in [6, 6.07) is 14.1. The SMILES string of the molecule is COc1ccc(CCNCc2ccc(N)cc2)cc1Br. The van der Waals surface area contributed by atoms with E-state index in [0.29, 0.717) is 0 Å².